The van der Waals surface area contributed by atoms with E-state index >= 15 is 0 Å². The molecule has 5 nitrogen and oxygen atoms in total. The molecule has 0 saturated heterocycles. The van der Waals surface area contributed by atoms with Gasteiger partial charge in [0.15, 0.2) is 17.5 Å². The van der Waals surface area contributed by atoms with Gasteiger partial charge in [-0.2, -0.15) is 0 Å². The number of allylic oxidation sites excluding steroid dienone is 1. The molecular weight excluding hydrogens is 759 g/mol. The van der Waals surface area contributed by atoms with E-state index < -0.39 is 0 Å². The molecule has 0 fully saturated rings. The molecule has 3 aromatic heterocycles. The molecule has 12 aromatic rings. The van der Waals surface area contributed by atoms with Crippen LogP contribution in [0.4, 0.5) is 0 Å². The standard InChI is InChI=1S/C57H35N3O2/c1-2-15-36-31-37(28-27-34(36)13-1)55-58-56(60-57(59-55)47-23-12-26-51-53(47)45-20-7-9-24-49(45)61-51)44-30-29-43(41-18-5-6-19-42(41)44)48-32-38(40-22-11-16-35-14-3-4-17-39(35)40)33-52-54(48)46-21-8-10-25-50(46)62-52/h1-4,6-17,19-33H,5,18H2. The molecule has 0 aliphatic heterocycles. The number of benzene rings is 9. The Morgan fingerprint density at radius 3 is 1.82 bits per heavy atom. The highest BCUT2D eigenvalue weighted by Gasteiger charge is 2.24. The minimum atomic E-state index is 0.599. The van der Waals surface area contributed by atoms with Gasteiger partial charge in [-0.25, -0.2) is 15.0 Å². The van der Waals surface area contributed by atoms with Crippen LogP contribution in [0.1, 0.15) is 17.5 Å². The minimum Gasteiger partial charge on any atom is -0.456 e. The van der Waals surface area contributed by atoms with Crippen LogP contribution in [0.3, 0.4) is 0 Å². The van der Waals surface area contributed by atoms with Crippen molar-refractivity contribution in [2.75, 3.05) is 0 Å². The smallest absolute Gasteiger partial charge is 0.164 e. The van der Waals surface area contributed by atoms with Crippen LogP contribution in [0.15, 0.2) is 191 Å². The Balaban J connectivity index is 1.06. The summed E-state index contributed by atoms with van der Waals surface area (Å²) in [6.45, 7) is 0. The van der Waals surface area contributed by atoms with Gasteiger partial charge < -0.3 is 8.83 Å². The first-order valence-electron chi connectivity index (χ1n) is 21.1. The van der Waals surface area contributed by atoms with E-state index in [1.54, 1.807) is 0 Å². The second kappa shape index (κ2) is 13.7. The first-order valence-corrected chi connectivity index (χ1v) is 21.1. The molecule has 0 saturated carbocycles. The van der Waals surface area contributed by atoms with E-state index in [0.717, 1.165) is 95.5 Å². The van der Waals surface area contributed by atoms with E-state index in [1.807, 2.05) is 36.4 Å². The lowest BCUT2D eigenvalue weighted by molar-refractivity contribution is 0.668. The fraction of sp³-hybridized carbons (Fsp3) is 0.0351. The van der Waals surface area contributed by atoms with Crippen LogP contribution in [0.25, 0.3) is 128 Å². The summed E-state index contributed by atoms with van der Waals surface area (Å²) in [5.74, 6) is 1.84. The highest BCUT2D eigenvalue weighted by Crippen LogP contribution is 2.45. The van der Waals surface area contributed by atoms with E-state index in [-0.39, 0.29) is 0 Å². The molecule has 0 amide bonds. The minimum absolute atomic E-state index is 0.599. The average Bonchev–Trinajstić information content (AvgIpc) is 3.92. The van der Waals surface area contributed by atoms with Gasteiger partial charge in [0.05, 0.1) is 0 Å². The molecule has 1 aliphatic carbocycles. The third-order valence-corrected chi connectivity index (χ3v) is 12.6. The molecule has 3 heterocycles. The zero-order valence-corrected chi connectivity index (χ0v) is 33.5. The molecule has 9 aromatic carbocycles. The molecule has 62 heavy (non-hydrogen) atoms. The third-order valence-electron chi connectivity index (χ3n) is 12.6. The van der Waals surface area contributed by atoms with E-state index in [2.05, 4.69) is 152 Å². The number of hydrogen-bond donors (Lipinski definition) is 0. The number of furan rings is 2. The lowest BCUT2D eigenvalue weighted by Gasteiger charge is -2.21. The number of fused-ring (bicyclic) bond motifs is 9. The molecule has 290 valence electrons. The lowest BCUT2D eigenvalue weighted by Crippen LogP contribution is -2.05. The maximum Gasteiger partial charge on any atom is 0.164 e. The Labute approximate surface area is 356 Å². The Bertz CT molecular complexity index is 3830. The maximum atomic E-state index is 6.67. The van der Waals surface area contributed by atoms with Gasteiger partial charge in [-0.1, -0.05) is 146 Å². The van der Waals surface area contributed by atoms with Crippen LogP contribution >= 0.6 is 0 Å². The van der Waals surface area contributed by atoms with Gasteiger partial charge in [0.2, 0.25) is 0 Å². The Kier molecular flexibility index (Phi) is 7.66. The van der Waals surface area contributed by atoms with Gasteiger partial charge in [-0.05, 0) is 110 Å². The number of hydrogen-bond acceptors (Lipinski definition) is 5. The lowest BCUT2D eigenvalue weighted by atomic mass is 9.84. The third kappa shape index (κ3) is 5.45. The molecule has 1 aliphatic rings. The summed E-state index contributed by atoms with van der Waals surface area (Å²) in [7, 11) is 0. The maximum absolute atomic E-state index is 6.67. The quantitative estimate of drug-likeness (QED) is 0.174. The highest BCUT2D eigenvalue weighted by atomic mass is 16.3. The van der Waals surface area contributed by atoms with E-state index in [0.29, 0.717) is 17.5 Å². The normalized spacial score (nSPS) is 12.6. The molecule has 0 radical (unpaired) electrons. The van der Waals surface area contributed by atoms with Crippen molar-refractivity contribution in [2.45, 2.75) is 12.8 Å². The van der Waals surface area contributed by atoms with Gasteiger partial charge in [-0.15, -0.1) is 0 Å². The van der Waals surface area contributed by atoms with E-state index in [9.17, 15) is 0 Å². The SMILES string of the molecule is C1=Cc2c(-c3nc(-c4ccc5ccccc5c4)nc(-c4cccc5oc6ccccc6c45)n3)ccc(-c3cc(-c4cccc5ccccc45)cc4oc5ccccc5c34)c2CC1. The number of nitrogens with zero attached hydrogens (tertiary/aromatic N) is 3. The molecule has 0 spiro atoms. The molecule has 0 atom stereocenters. The van der Waals surface area contributed by atoms with Crippen molar-refractivity contribution in [3.63, 3.8) is 0 Å². The van der Waals surface area contributed by atoms with Crippen LogP contribution in [0.5, 0.6) is 0 Å². The van der Waals surface area contributed by atoms with E-state index in [1.165, 1.54) is 32.8 Å². The topological polar surface area (TPSA) is 65.0 Å². The van der Waals surface area contributed by atoms with Gasteiger partial charge in [0, 0.05) is 38.2 Å². The summed E-state index contributed by atoms with van der Waals surface area (Å²) in [4.78, 5) is 15.9. The molecule has 13 rings (SSSR count). The zero-order valence-electron chi connectivity index (χ0n) is 33.5. The summed E-state index contributed by atoms with van der Waals surface area (Å²) in [5.41, 5.74) is 13.2. The molecule has 0 unspecified atom stereocenters. The monoisotopic (exact) mass is 793 g/mol. The van der Waals surface area contributed by atoms with Crippen LogP contribution in [-0.4, -0.2) is 15.0 Å². The average molecular weight is 794 g/mol. The first kappa shape index (κ1) is 34.7. The summed E-state index contributed by atoms with van der Waals surface area (Å²) >= 11 is 0. The van der Waals surface area contributed by atoms with Crippen LogP contribution in [0, 0.1) is 0 Å². The largest absolute Gasteiger partial charge is 0.456 e. The first-order chi connectivity index (χ1) is 30.7. The van der Waals surface area contributed by atoms with Gasteiger partial charge in [-0.3, -0.25) is 0 Å². The second-order valence-electron chi connectivity index (χ2n) is 16.2. The van der Waals surface area contributed by atoms with Gasteiger partial charge in [0.25, 0.3) is 0 Å². The molecule has 5 heteroatoms. The van der Waals surface area contributed by atoms with Crippen molar-refractivity contribution in [3.8, 4) is 56.4 Å². The second-order valence-corrected chi connectivity index (χ2v) is 16.2. The Hall–Kier alpha value is -8.15. The Morgan fingerprint density at radius 1 is 0.371 bits per heavy atom. The molecule has 0 bridgehead atoms. The fourth-order valence-corrected chi connectivity index (χ4v) is 9.74. The Morgan fingerprint density at radius 2 is 0.984 bits per heavy atom. The van der Waals surface area contributed by atoms with E-state index in [4.69, 9.17) is 23.8 Å². The molecular formula is C57H35N3O2. The van der Waals surface area contributed by atoms with Gasteiger partial charge in [0.1, 0.15) is 22.3 Å². The highest BCUT2D eigenvalue weighted by molar-refractivity contribution is 6.15. The van der Waals surface area contributed by atoms with Crippen molar-refractivity contribution in [3.05, 3.63) is 193 Å². The number of aromatic nitrogens is 3. The van der Waals surface area contributed by atoms with Crippen molar-refractivity contribution >= 4 is 71.5 Å². The van der Waals surface area contributed by atoms with Gasteiger partial charge >= 0.3 is 0 Å². The number of rotatable bonds is 5. The zero-order chi connectivity index (χ0) is 40.7. The summed E-state index contributed by atoms with van der Waals surface area (Å²) in [6.07, 6.45) is 6.35. The van der Waals surface area contributed by atoms with Crippen molar-refractivity contribution in [1.82, 2.24) is 15.0 Å². The predicted molar refractivity (Wildman–Crippen MR) is 254 cm³/mol. The summed E-state index contributed by atoms with van der Waals surface area (Å²) in [5, 5.41) is 8.96. The van der Waals surface area contributed by atoms with Crippen molar-refractivity contribution in [1.29, 1.82) is 0 Å². The van der Waals surface area contributed by atoms with Crippen LogP contribution in [0.2, 0.25) is 0 Å². The van der Waals surface area contributed by atoms with Crippen molar-refractivity contribution in [2.24, 2.45) is 0 Å². The summed E-state index contributed by atoms with van der Waals surface area (Å²) in [6, 6.07) is 61.7. The van der Waals surface area contributed by atoms with Crippen LogP contribution in [-0.2, 0) is 6.42 Å². The predicted octanol–water partition coefficient (Wildman–Crippen LogP) is 15.3. The number of para-hydroxylation sites is 2. The van der Waals surface area contributed by atoms with Crippen molar-refractivity contribution < 1.29 is 8.83 Å². The fourth-order valence-electron chi connectivity index (χ4n) is 9.74. The molecule has 0 N–H and O–H groups in total. The van der Waals surface area contributed by atoms with Crippen LogP contribution < -0.4 is 0 Å². The summed E-state index contributed by atoms with van der Waals surface area (Å²) < 4.78 is 13.0.